The SMILES string of the molecule is Nc1nc2ccccc2n1-c1ccncn1. The zero-order valence-corrected chi connectivity index (χ0v) is 8.41. The van der Waals surface area contributed by atoms with E-state index in [0.29, 0.717) is 5.95 Å². The van der Waals surface area contributed by atoms with E-state index in [2.05, 4.69) is 15.0 Å². The lowest BCUT2D eigenvalue weighted by Crippen LogP contribution is -2.02. The van der Waals surface area contributed by atoms with Crippen molar-refractivity contribution in [3.8, 4) is 5.82 Å². The summed E-state index contributed by atoms with van der Waals surface area (Å²) in [7, 11) is 0. The molecule has 0 amide bonds. The minimum atomic E-state index is 0.430. The number of nitrogens with two attached hydrogens (primary N) is 1. The number of anilines is 1. The summed E-state index contributed by atoms with van der Waals surface area (Å²) in [6.45, 7) is 0. The molecule has 0 aliphatic rings. The first kappa shape index (κ1) is 8.84. The number of fused-ring (bicyclic) bond motifs is 1. The molecule has 0 fully saturated rings. The second kappa shape index (κ2) is 3.30. The van der Waals surface area contributed by atoms with Crippen molar-refractivity contribution >= 4 is 17.0 Å². The lowest BCUT2D eigenvalue weighted by Gasteiger charge is -2.03. The second-order valence-corrected chi connectivity index (χ2v) is 3.36. The number of nitrogens with zero attached hydrogens (tertiary/aromatic N) is 4. The number of nitrogen functional groups attached to an aromatic ring is 1. The maximum atomic E-state index is 5.88. The fourth-order valence-corrected chi connectivity index (χ4v) is 1.70. The summed E-state index contributed by atoms with van der Waals surface area (Å²) in [4.78, 5) is 12.3. The van der Waals surface area contributed by atoms with Crippen LogP contribution in [-0.2, 0) is 0 Å². The van der Waals surface area contributed by atoms with Crippen LogP contribution in [-0.4, -0.2) is 19.5 Å². The number of benzene rings is 1. The normalized spacial score (nSPS) is 10.8. The Hall–Kier alpha value is -2.43. The van der Waals surface area contributed by atoms with Gasteiger partial charge in [-0.3, -0.25) is 4.57 Å². The summed E-state index contributed by atoms with van der Waals surface area (Å²) < 4.78 is 1.80. The number of imidazole rings is 1. The summed E-state index contributed by atoms with van der Waals surface area (Å²) in [5.41, 5.74) is 7.68. The third-order valence-corrected chi connectivity index (χ3v) is 2.38. The van der Waals surface area contributed by atoms with Gasteiger partial charge in [-0.2, -0.15) is 0 Å². The molecular formula is C11H9N5. The van der Waals surface area contributed by atoms with Crippen LogP contribution in [0.4, 0.5) is 5.95 Å². The van der Waals surface area contributed by atoms with Gasteiger partial charge in [0.05, 0.1) is 11.0 Å². The number of hydrogen-bond acceptors (Lipinski definition) is 4. The molecule has 3 aromatic rings. The molecule has 0 unspecified atom stereocenters. The number of aromatic nitrogens is 4. The molecular weight excluding hydrogens is 202 g/mol. The summed E-state index contributed by atoms with van der Waals surface area (Å²) in [6.07, 6.45) is 3.17. The second-order valence-electron chi connectivity index (χ2n) is 3.36. The molecule has 78 valence electrons. The molecule has 2 aromatic heterocycles. The predicted molar refractivity (Wildman–Crippen MR) is 61.1 cm³/mol. The molecule has 0 atom stereocenters. The minimum Gasteiger partial charge on any atom is -0.369 e. The van der Waals surface area contributed by atoms with Crippen LogP contribution < -0.4 is 5.73 Å². The molecule has 0 bridgehead atoms. The van der Waals surface area contributed by atoms with Crippen LogP contribution >= 0.6 is 0 Å². The highest BCUT2D eigenvalue weighted by molar-refractivity contribution is 5.80. The Morgan fingerprint density at radius 3 is 2.81 bits per heavy atom. The Labute approximate surface area is 91.6 Å². The van der Waals surface area contributed by atoms with Crippen LogP contribution in [0.25, 0.3) is 16.9 Å². The molecule has 16 heavy (non-hydrogen) atoms. The molecule has 0 saturated heterocycles. The zero-order valence-electron chi connectivity index (χ0n) is 8.41. The van der Waals surface area contributed by atoms with Gasteiger partial charge in [-0.05, 0) is 18.2 Å². The number of para-hydroxylation sites is 2. The van der Waals surface area contributed by atoms with Crippen LogP contribution in [0.15, 0.2) is 42.9 Å². The third kappa shape index (κ3) is 1.22. The van der Waals surface area contributed by atoms with Gasteiger partial charge in [0.15, 0.2) is 0 Å². The summed E-state index contributed by atoms with van der Waals surface area (Å²) in [5.74, 6) is 1.15. The summed E-state index contributed by atoms with van der Waals surface area (Å²) in [5, 5.41) is 0. The summed E-state index contributed by atoms with van der Waals surface area (Å²) in [6, 6.07) is 9.55. The maximum Gasteiger partial charge on any atom is 0.207 e. The van der Waals surface area contributed by atoms with Gasteiger partial charge in [0, 0.05) is 6.20 Å². The summed E-state index contributed by atoms with van der Waals surface area (Å²) >= 11 is 0. The van der Waals surface area contributed by atoms with E-state index in [1.165, 1.54) is 6.33 Å². The topological polar surface area (TPSA) is 69.6 Å². The smallest absolute Gasteiger partial charge is 0.207 e. The molecule has 2 N–H and O–H groups in total. The van der Waals surface area contributed by atoms with Gasteiger partial charge < -0.3 is 5.73 Å². The van der Waals surface area contributed by atoms with E-state index in [1.54, 1.807) is 16.8 Å². The van der Waals surface area contributed by atoms with Crippen molar-refractivity contribution in [2.45, 2.75) is 0 Å². The first-order chi connectivity index (χ1) is 7.86. The van der Waals surface area contributed by atoms with Crippen molar-refractivity contribution in [1.82, 2.24) is 19.5 Å². The highest BCUT2D eigenvalue weighted by Crippen LogP contribution is 2.20. The van der Waals surface area contributed by atoms with Gasteiger partial charge in [0.25, 0.3) is 0 Å². The largest absolute Gasteiger partial charge is 0.369 e. The Bertz CT molecular complexity index is 629. The fraction of sp³-hybridized carbons (Fsp3) is 0. The Balaban J connectivity index is 2.35. The highest BCUT2D eigenvalue weighted by atomic mass is 15.2. The van der Waals surface area contributed by atoms with Gasteiger partial charge in [-0.25, -0.2) is 15.0 Å². The number of rotatable bonds is 1. The molecule has 0 spiro atoms. The van der Waals surface area contributed by atoms with Crippen LogP contribution in [0, 0.1) is 0 Å². The lowest BCUT2D eigenvalue weighted by atomic mass is 10.3. The zero-order chi connectivity index (χ0) is 11.0. The van der Waals surface area contributed by atoms with E-state index < -0.39 is 0 Å². The van der Waals surface area contributed by atoms with E-state index in [-0.39, 0.29) is 0 Å². The Morgan fingerprint density at radius 1 is 1.12 bits per heavy atom. The first-order valence-corrected chi connectivity index (χ1v) is 4.85. The van der Waals surface area contributed by atoms with Gasteiger partial charge in [0.1, 0.15) is 12.1 Å². The van der Waals surface area contributed by atoms with Gasteiger partial charge in [-0.1, -0.05) is 12.1 Å². The molecule has 1 aromatic carbocycles. The molecule has 3 rings (SSSR count). The van der Waals surface area contributed by atoms with E-state index in [4.69, 9.17) is 5.73 Å². The Morgan fingerprint density at radius 2 is 2.00 bits per heavy atom. The predicted octanol–water partition coefficient (Wildman–Crippen LogP) is 1.40. The quantitative estimate of drug-likeness (QED) is 0.660. The van der Waals surface area contributed by atoms with Gasteiger partial charge >= 0.3 is 0 Å². The Kier molecular flexibility index (Phi) is 1.83. The van der Waals surface area contributed by atoms with Crippen molar-refractivity contribution in [1.29, 1.82) is 0 Å². The minimum absolute atomic E-state index is 0.430. The molecule has 0 saturated carbocycles. The van der Waals surface area contributed by atoms with E-state index in [1.807, 2.05) is 24.3 Å². The van der Waals surface area contributed by atoms with Crippen molar-refractivity contribution in [3.05, 3.63) is 42.9 Å². The average molecular weight is 211 g/mol. The van der Waals surface area contributed by atoms with E-state index >= 15 is 0 Å². The van der Waals surface area contributed by atoms with Crippen molar-refractivity contribution in [2.75, 3.05) is 5.73 Å². The van der Waals surface area contributed by atoms with Crippen molar-refractivity contribution < 1.29 is 0 Å². The van der Waals surface area contributed by atoms with Crippen LogP contribution in [0.5, 0.6) is 0 Å². The molecule has 0 radical (unpaired) electrons. The van der Waals surface area contributed by atoms with E-state index in [9.17, 15) is 0 Å². The molecule has 2 heterocycles. The van der Waals surface area contributed by atoms with Crippen molar-refractivity contribution in [3.63, 3.8) is 0 Å². The lowest BCUT2D eigenvalue weighted by molar-refractivity contribution is 1.01. The monoisotopic (exact) mass is 211 g/mol. The average Bonchev–Trinajstić information content (AvgIpc) is 2.66. The van der Waals surface area contributed by atoms with Crippen LogP contribution in [0.3, 0.4) is 0 Å². The van der Waals surface area contributed by atoms with E-state index in [0.717, 1.165) is 16.9 Å². The fourth-order valence-electron chi connectivity index (χ4n) is 1.70. The number of hydrogen-bond donors (Lipinski definition) is 1. The maximum absolute atomic E-state index is 5.88. The third-order valence-electron chi connectivity index (χ3n) is 2.38. The van der Waals surface area contributed by atoms with Gasteiger partial charge in [-0.15, -0.1) is 0 Å². The standard InChI is InChI=1S/C11H9N5/c12-11-15-8-3-1-2-4-9(8)16(11)10-5-6-13-7-14-10/h1-7H,(H2,12,15). The van der Waals surface area contributed by atoms with Crippen LogP contribution in [0.2, 0.25) is 0 Å². The first-order valence-electron chi connectivity index (χ1n) is 4.85. The van der Waals surface area contributed by atoms with Crippen molar-refractivity contribution in [2.24, 2.45) is 0 Å². The molecule has 5 heteroatoms. The molecule has 5 nitrogen and oxygen atoms in total. The molecule has 0 aliphatic carbocycles. The molecule has 0 aliphatic heterocycles. The van der Waals surface area contributed by atoms with Crippen LogP contribution in [0.1, 0.15) is 0 Å². The highest BCUT2D eigenvalue weighted by Gasteiger charge is 2.09. The van der Waals surface area contributed by atoms with Gasteiger partial charge in [0.2, 0.25) is 5.95 Å².